The maximum absolute atomic E-state index is 12.2. The van der Waals surface area contributed by atoms with E-state index in [1.807, 2.05) is 24.3 Å². The maximum atomic E-state index is 12.2. The molecule has 0 spiro atoms. The van der Waals surface area contributed by atoms with Crippen LogP contribution in [0.25, 0.3) is 11.3 Å². The third-order valence-electron chi connectivity index (χ3n) is 3.54. The first-order valence-electron chi connectivity index (χ1n) is 7.40. The number of benzene rings is 2. The summed E-state index contributed by atoms with van der Waals surface area (Å²) in [6.45, 7) is 0.237. The predicted molar refractivity (Wildman–Crippen MR) is 98.8 cm³/mol. The van der Waals surface area contributed by atoms with E-state index in [1.165, 1.54) is 0 Å². The fraction of sp³-hybridized carbons (Fsp3) is 0.111. The lowest BCUT2D eigenvalue weighted by atomic mass is 10.1. The first-order valence-corrected chi connectivity index (χ1v) is 8.57. The summed E-state index contributed by atoms with van der Waals surface area (Å²) in [5, 5.41) is 7.15. The van der Waals surface area contributed by atoms with E-state index in [4.69, 9.17) is 20.9 Å². The van der Waals surface area contributed by atoms with Crippen LogP contribution >= 0.6 is 27.5 Å². The van der Waals surface area contributed by atoms with E-state index in [-0.39, 0.29) is 12.5 Å². The average Bonchev–Trinajstić information content (AvgIpc) is 3.11. The van der Waals surface area contributed by atoms with Gasteiger partial charge in [0.1, 0.15) is 11.4 Å². The molecular weight excluding hydrogens is 408 g/mol. The minimum Gasteiger partial charge on any atom is -0.497 e. The quantitative estimate of drug-likeness (QED) is 0.649. The van der Waals surface area contributed by atoms with Crippen molar-refractivity contribution < 1.29 is 14.1 Å². The smallest absolute Gasteiger partial charge is 0.253 e. The molecule has 5 nitrogen and oxygen atoms in total. The summed E-state index contributed by atoms with van der Waals surface area (Å²) in [6, 6.07) is 14.3. The second-order valence-electron chi connectivity index (χ2n) is 5.22. The Bertz CT molecular complexity index is 894. The summed E-state index contributed by atoms with van der Waals surface area (Å²) in [4.78, 5) is 12.2. The zero-order valence-electron chi connectivity index (χ0n) is 13.3. The second-order valence-corrected chi connectivity index (χ2v) is 6.54. The zero-order chi connectivity index (χ0) is 17.8. The van der Waals surface area contributed by atoms with Gasteiger partial charge in [0.05, 0.1) is 24.2 Å². The lowest BCUT2D eigenvalue weighted by molar-refractivity contribution is 0.0950. The van der Waals surface area contributed by atoms with Gasteiger partial charge in [0.15, 0.2) is 5.76 Å². The van der Waals surface area contributed by atoms with Gasteiger partial charge in [0.25, 0.3) is 5.91 Å². The highest BCUT2D eigenvalue weighted by Gasteiger charge is 2.12. The molecule has 0 aliphatic rings. The number of hydrogen-bond acceptors (Lipinski definition) is 4. The Morgan fingerprint density at radius 3 is 2.72 bits per heavy atom. The van der Waals surface area contributed by atoms with Gasteiger partial charge in [-0.15, -0.1) is 0 Å². The Labute approximate surface area is 158 Å². The van der Waals surface area contributed by atoms with Crippen molar-refractivity contribution in [2.45, 2.75) is 6.54 Å². The zero-order valence-corrected chi connectivity index (χ0v) is 15.6. The largest absolute Gasteiger partial charge is 0.497 e. The van der Waals surface area contributed by atoms with Crippen molar-refractivity contribution in [1.82, 2.24) is 10.5 Å². The van der Waals surface area contributed by atoms with Crippen LogP contribution in [0.2, 0.25) is 5.02 Å². The standard InChI is InChI=1S/C18H14BrClN2O3/c1-24-14-5-2-11(3-6-14)17-9-13(22-25-17)10-21-18(23)15-8-12(19)4-7-16(15)20/h2-9H,10H2,1H3,(H,21,23). The van der Waals surface area contributed by atoms with Crippen molar-refractivity contribution >= 4 is 33.4 Å². The molecule has 0 saturated carbocycles. The number of methoxy groups -OCH3 is 1. The van der Waals surface area contributed by atoms with Crippen LogP contribution in [0.4, 0.5) is 0 Å². The molecule has 1 aromatic heterocycles. The number of carbonyl (C=O) groups excluding carboxylic acids is 1. The van der Waals surface area contributed by atoms with Crippen molar-refractivity contribution in [3.63, 3.8) is 0 Å². The monoisotopic (exact) mass is 420 g/mol. The Balaban J connectivity index is 1.67. The van der Waals surface area contributed by atoms with Gasteiger partial charge < -0.3 is 14.6 Å². The number of aromatic nitrogens is 1. The number of halogens is 2. The van der Waals surface area contributed by atoms with Crippen LogP contribution in [0.5, 0.6) is 5.75 Å². The first-order chi connectivity index (χ1) is 12.1. The van der Waals surface area contributed by atoms with Crippen LogP contribution in [0.15, 0.2) is 57.5 Å². The van der Waals surface area contributed by atoms with Crippen LogP contribution < -0.4 is 10.1 Å². The molecule has 0 fully saturated rings. The Morgan fingerprint density at radius 1 is 1.24 bits per heavy atom. The van der Waals surface area contributed by atoms with Crippen LogP contribution in [-0.2, 0) is 6.54 Å². The van der Waals surface area contributed by atoms with Crippen LogP contribution in [0.1, 0.15) is 16.1 Å². The summed E-state index contributed by atoms with van der Waals surface area (Å²) < 4.78 is 11.2. The number of hydrogen-bond donors (Lipinski definition) is 1. The normalized spacial score (nSPS) is 10.5. The van der Waals surface area contributed by atoms with Crippen molar-refractivity contribution in [3.05, 3.63) is 69.3 Å². The molecule has 0 unspecified atom stereocenters. The molecule has 3 rings (SSSR count). The molecule has 7 heteroatoms. The van der Waals surface area contributed by atoms with Gasteiger partial charge >= 0.3 is 0 Å². The molecule has 25 heavy (non-hydrogen) atoms. The van der Waals surface area contributed by atoms with E-state index in [0.717, 1.165) is 15.8 Å². The molecule has 128 valence electrons. The molecular formula is C18H14BrClN2O3. The Morgan fingerprint density at radius 2 is 2.00 bits per heavy atom. The number of nitrogens with zero attached hydrogens (tertiary/aromatic N) is 1. The van der Waals surface area contributed by atoms with E-state index < -0.39 is 0 Å². The van der Waals surface area contributed by atoms with Crippen LogP contribution in [-0.4, -0.2) is 18.2 Å². The SMILES string of the molecule is COc1ccc(-c2cc(CNC(=O)c3cc(Br)ccc3Cl)no2)cc1. The van der Waals surface area contributed by atoms with Gasteiger partial charge in [-0.05, 0) is 42.5 Å². The molecule has 3 aromatic rings. The predicted octanol–water partition coefficient (Wildman–Crippen LogP) is 4.70. The molecule has 1 heterocycles. The van der Waals surface area contributed by atoms with Crippen LogP contribution in [0.3, 0.4) is 0 Å². The molecule has 0 bridgehead atoms. The molecule has 0 radical (unpaired) electrons. The molecule has 0 saturated heterocycles. The van der Waals surface area contributed by atoms with Crippen molar-refractivity contribution in [3.8, 4) is 17.1 Å². The van der Waals surface area contributed by atoms with E-state index in [1.54, 1.807) is 31.4 Å². The van der Waals surface area contributed by atoms with Crippen LogP contribution in [0, 0.1) is 0 Å². The molecule has 1 N–H and O–H groups in total. The molecule has 0 aliphatic heterocycles. The van der Waals surface area contributed by atoms with Gasteiger partial charge in [-0.25, -0.2) is 0 Å². The van der Waals surface area contributed by atoms with E-state index in [9.17, 15) is 4.79 Å². The summed E-state index contributed by atoms with van der Waals surface area (Å²) in [6.07, 6.45) is 0. The van der Waals surface area contributed by atoms with Gasteiger partial charge in [-0.1, -0.05) is 32.7 Å². The van der Waals surface area contributed by atoms with Gasteiger partial charge in [0, 0.05) is 16.1 Å². The summed E-state index contributed by atoms with van der Waals surface area (Å²) >= 11 is 9.38. The number of ether oxygens (including phenoxy) is 1. The molecule has 0 atom stereocenters. The Kier molecular flexibility index (Phi) is 5.40. The first kappa shape index (κ1) is 17.5. The third-order valence-corrected chi connectivity index (χ3v) is 4.36. The number of rotatable bonds is 5. The third kappa shape index (κ3) is 4.21. The van der Waals surface area contributed by atoms with Crippen molar-refractivity contribution in [2.75, 3.05) is 7.11 Å². The lowest BCUT2D eigenvalue weighted by Gasteiger charge is -2.05. The number of nitrogens with one attached hydrogen (secondary N) is 1. The lowest BCUT2D eigenvalue weighted by Crippen LogP contribution is -2.23. The van der Waals surface area contributed by atoms with E-state index >= 15 is 0 Å². The number of carbonyl (C=O) groups is 1. The average molecular weight is 422 g/mol. The van der Waals surface area contributed by atoms with Gasteiger partial charge in [-0.3, -0.25) is 4.79 Å². The van der Waals surface area contributed by atoms with E-state index in [0.29, 0.717) is 22.0 Å². The fourth-order valence-corrected chi connectivity index (χ4v) is 2.79. The highest BCUT2D eigenvalue weighted by atomic mass is 79.9. The van der Waals surface area contributed by atoms with Crippen molar-refractivity contribution in [2.24, 2.45) is 0 Å². The fourth-order valence-electron chi connectivity index (χ4n) is 2.22. The number of amides is 1. The van der Waals surface area contributed by atoms with E-state index in [2.05, 4.69) is 26.4 Å². The molecule has 0 aliphatic carbocycles. The summed E-state index contributed by atoms with van der Waals surface area (Å²) in [5.41, 5.74) is 1.89. The maximum Gasteiger partial charge on any atom is 0.253 e. The summed E-state index contributed by atoms with van der Waals surface area (Å²) in [7, 11) is 1.61. The highest BCUT2D eigenvalue weighted by molar-refractivity contribution is 9.10. The second kappa shape index (κ2) is 7.72. The topological polar surface area (TPSA) is 64.4 Å². The summed E-state index contributed by atoms with van der Waals surface area (Å²) in [5.74, 6) is 1.11. The minimum atomic E-state index is -0.278. The van der Waals surface area contributed by atoms with Gasteiger partial charge in [0.2, 0.25) is 0 Å². The highest BCUT2D eigenvalue weighted by Crippen LogP contribution is 2.24. The molecule has 2 aromatic carbocycles. The van der Waals surface area contributed by atoms with Gasteiger partial charge in [-0.2, -0.15) is 0 Å². The van der Waals surface area contributed by atoms with Crippen molar-refractivity contribution in [1.29, 1.82) is 0 Å². The molecule has 1 amide bonds. The Hall–Kier alpha value is -2.31. The minimum absolute atomic E-state index is 0.237.